The highest BCUT2D eigenvalue weighted by molar-refractivity contribution is 7.93. The first-order valence-corrected chi connectivity index (χ1v) is 11.4. The number of fused-ring (bicyclic) bond motifs is 1. The summed E-state index contributed by atoms with van der Waals surface area (Å²) in [6, 6.07) is 11.3. The lowest BCUT2D eigenvalue weighted by molar-refractivity contribution is -0.121. The Kier molecular flexibility index (Phi) is 5.44. The second-order valence-electron chi connectivity index (χ2n) is 6.42. The number of anilines is 2. The van der Waals surface area contributed by atoms with Crippen LogP contribution in [0.3, 0.4) is 0 Å². The number of amides is 1. The van der Waals surface area contributed by atoms with Crippen molar-refractivity contribution in [1.82, 2.24) is 4.98 Å². The highest BCUT2D eigenvalue weighted by atomic mass is 35.5. The number of hydrogen-bond donors (Lipinski definition) is 2. The highest BCUT2D eigenvalue weighted by Gasteiger charge is 2.26. The van der Waals surface area contributed by atoms with Crippen LogP contribution in [0.4, 0.5) is 10.8 Å². The first-order valence-electron chi connectivity index (χ1n) is 8.65. The molecular formula is C19H16ClN3O4S2. The molecule has 1 amide bonds. The Hall–Kier alpha value is -2.62. The number of carbonyl (C=O) groups is 1. The van der Waals surface area contributed by atoms with Crippen LogP contribution in [-0.2, 0) is 21.2 Å². The number of halogens is 1. The van der Waals surface area contributed by atoms with Crippen molar-refractivity contribution in [3.05, 3.63) is 64.6 Å². The van der Waals surface area contributed by atoms with Gasteiger partial charge in [-0.15, -0.1) is 11.3 Å². The molecule has 150 valence electrons. The van der Waals surface area contributed by atoms with Gasteiger partial charge in [0.15, 0.2) is 5.13 Å². The Labute approximate surface area is 176 Å². The van der Waals surface area contributed by atoms with Crippen LogP contribution in [0, 0.1) is 5.92 Å². The third kappa shape index (κ3) is 4.52. The Morgan fingerprint density at radius 1 is 1.21 bits per heavy atom. The minimum atomic E-state index is -3.73. The Morgan fingerprint density at radius 3 is 2.72 bits per heavy atom. The molecule has 2 N–H and O–H groups in total. The normalized spacial score (nSPS) is 15.8. The maximum atomic E-state index is 12.6. The lowest BCUT2D eigenvalue weighted by Gasteiger charge is -2.24. The van der Waals surface area contributed by atoms with Gasteiger partial charge >= 0.3 is 0 Å². The number of aromatic nitrogens is 1. The van der Waals surface area contributed by atoms with Crippen LogP contribution in [0.15, 0.2) is 58.9 Å². The lowest BCUT2D eigenvalue weighted by atomic mass is 9.96. The molecule has 7 nitrogen and oxygen atoms in total. The average Bonchev–Trinajstić information content (AvgIpc) is 3.20. The third-order valence-electron chi connectivity index (χ3n) is 4.39. The fraction of sp³-hybridized carbons (Fsp3) is 0.158. The minimum Gasteiger partial charge on any atom is -0.492 e. The predicted molar refractivity (Wildman–Crippen MR) is 112 cm³/mol. The van der Waals surface area contributed by atoms with E-state index in [1.54, 1.807) is 35.7 Å². The summed E-state index contributed by atoms with van der Waals surface area (Å²) in [5.41, 5.74) is 1.39. The van der Waals surface area contributed by atoms with Gasteiger partial charge < -0.3 is 10.1 Å². The largest absolute Gasteiger partial charge is 0.492 e. The summed E-state index contributed by atoms with van der Waals surface area (Å²) >= 11 is 7.21. The standard InChI is InChI=1S/C19H16ClN3O4S2/c20-14-1-6-17-12(10-14)9-13(11-27-17)18(24)22-15-2-4-16(5-3-15)29(25,26)23-19-21-7-8-28-19/h1-8,10,13H,9,11H2,(H,21,23)(H,22,24)/t13-/m0/s1. The van der Waals surface area contributed by atoms with Crippen molar-refractivity contribution in [3.8, 4) is 5.75 Å². The van der Waals surface area contributed by atoms with E-state index >= 15 is 0 Å². The zero-order chi connectivity index (χ0) is 20.4. The first kappa shape index (κ1) is 19.7. The van der Waals surface area contributed by atoms with E-state index in [1.165, 1.54) is 29.7 Å². The van der Waals surface area contributed by atoms with E-state index in [2.05, 4.69) is 15.0 Å². The second kappa shape index (κ2) is 8.02. The van der Waals surface area contributed by atoms with Crippen LogP contribution < -0.4 is 14.8 Å². The molecule has 0 bridgehead atoms. The highest BCUT2D eigenvalue weighted by Crippen LogP contribution is 2.30. The Morgan fingerprint density at radius 2 is 2.00 bits per heavy atom. The van der Waals surface area contributed by atoms with E-state index in [9.17, 15) is 13.2 Å². The lowest BCUT2D eigenvalue weighted by Crippen LogP contribution is -2.32. The van der Waals surface area contributed by atoms with E-state index in [-0.39, 0.29) is 23.3 Å². The van der Waals surface area contributed by atoms with Crippen molar-refractivity contribution >= 4 is 49.7 Å². The number of carbonyl (C=O) groups excluding carboxylic acids is 1. The third-order valence-corrected chi connectivity index (χ3v) is 6.79. The molecule has 1 aliphatic rings. The molecule has 1 atom stereocenters. The molecule has 29 heavy (non-hydrogen) atoms. The monoisotopic (exact) mass is 449 g/mol. The number of benzene rings is 2. The molecule has 1 aliphatic heterocycles. The fourth-order valence-corrected chi connectivity index (χ4v) is 4.92. The molecule has 0 fully saturated rings. The zero-order valence-corrected chi connectivity index (χ0v) is 17.4. The van der Waals surface area contributed by atoms with Crippen LogP contribution in [0.2, 0.25) is 5.02 Å². The summed E-state index contributed by atoms with van der Waals surface area (Å²) in [6.07, 6.45) is 2.04. The molecular weight excluding hydrogens is 434 g/mol. The van der Waals surface area contributed by atoms with Gasteiger partial charge in [-0.3, -0.25) is 9.52 Å². The molecule has 2 aromatic carbocycles. The van der Waals surface area contributed by atoms with E-state index in [1.807, 2.05) is 0 Å². The van der Waals surface area contributed by atoms with Crippen LogP contribution >= 0.6 is 22.9 Å². The SMILES string of the molecule is O=C(Nc1ccc(S(=O)(=O)Nc2nccs2)cc1)[C@@H]1COc2ccc(Cl)cc2C1. The van der Waals surface area contributed by atoms with Crippen LogP contribution in [0.1, 0.15) is 5.56 Å². The van der Waals surface area contributed by atoms with Gasteiger partial charge in [0.1, 0.15) is 12.4 Å². The summed E-state index contributed by atoms with van der Waals surface area (Å²) in [4.78, 5) is 16.6. The van der Waals surface area contributed by atoms with Gasteiger partial charge in [0.05, 0.1) is 10.8 Å². The van der Waals surface area contributed by atoms with E-state index in [0.717, 1.165) is 11.3 Å². The molecule has 2 heterocycles. The summed E-state index contributed by atoms with van der Waals surface area (Å²) in [5.74, 6) is 0.170. The predicted octanol–water partition coefficient (Wildman–Crippen LogP) is 3.79. The Balaban J connectivity index is 1.42. The van der Waals surface area contributed by atoms with Gasteiger partial charge in [0.25, 0.3) is 10.0 Å². The number of nitrogens with zero attached hydrogens (tertiary/aromatic N) is 1. The van der Waals surface area contributed by atoms with E-state index < -0.39 is 10.0 Å². The average molecular weight is 450 g/mol. The number of nitrogens with one attached hydrogen (secondary N) is 2. The molecule has 0 unspecified atom stereocenters. The number of sulfonamides is 1. The van der Waals surface area contributed by atoms with Gasteiger partial charge in [0, 0.05) is 22.3 Å². The topological polar surface area (TPSA) is 97.4 Å². The molecule has 0 aliphatic carbocycles. The first-order chi connectivity index (χ1) is 13.9. The van der Waals surface area contributed by atoms with Gasteiger partial charge in [0.2, 0.25) is 5.91 Å². The molecule has 0 saturated heterocycles. The van der Waals surface area contributed by atoms with Crippen LogP contribution in [0.5, 0.6) is 5.75 Å². The second-order valence-corrected chi connectivity index (χ2v) is 9.43. The van der Waals surface area contributed by atoms with Crippen LogP contribution in [0.25, 0.3) is 0 Å². The maximum Gasteiger partial charge on any atom is 0.263 e. The van der Waals surface area contributed by atoms with E-state index in [4.69, 9.17) is 16.3 Å². The fourth-order valence-electron chi connectivity index (χ4n) is 2.94. The summed E-state index contributed by atoms with van der Waals surface area (Å²) < 4.78 is 32.8. The van der Waals surface area contributed by atoms with Crippen molar-refractivity contribution in [2.24, 2.45) is 5.92 Å². The number of ether oxygens (including phenoxy) is 1. The van der Waals surface area contributed by atoms with Gasteiger partial charge in [-0.2, -0.15) is 0 Å². The molecule has 4 rings (SSSR count). The smallest absolute Gasteiger partial charge is 0.263 e. The number of rotatable bonds is 5. The summed E-state index contributed by atoms with van der Waals surface area (Å²) in [7, 11) is -3.73. The minimum absolute atomic E-state index is 0.0790. The van der Waals surface area contributed by atoms with Crippen molar-refractivity contribution < 1.29 is 17.9 Å². The van der Waals surface area contributed by atoms with Gasteiger partial charge in [-0.1, -0.05) is 11.6 Å². The molecule has 0 spiro atoms. The summed E-state index contributed by atoms with van der Waals surface area (Å²) in [5, 5.41) is 5.37. The summed E-state index contributed by atoms with van der Waals surface area (Å²) in [6.45, 7) is 0.269. The molecule has 1 aromatic heterocycles. The molecule has 3 aromatic rings. The Bertz CT molecular complexity index is 1130. The maximum absolute atomic E-state index is 12.6. The van der Waals surface area contributed by atoms with Crippen LogP contribution in [-0.4, -0.2) is 25.9 Å². The zero-order valence-electron chi connectivity index (χ0n) is 15.0. The molecule has 0 saturated carbocycles. The molecule has 0 radical (unpaired) electrons. The van der Waals surface area contributed by atoms with Crippen molar-refractivity contribution in [2.75, 3.05) is 16.6 Å². The van der Waals surface area contributed by atoms with Crippen molar-refractivity contribution in [1.29, 1.82) is 0 Å². The van der Waals surface area contributed by atoms with Gasteiger partial charge in [-0.25, -0.2) is 13.4 Å². The quantitative estimate of drug-likeness (QED) is 0.617. The van der Waals surface area contributed by atoms with Crippen molar-refractivity contribution in [2.45, 2.75) is 11.3 Å². The van der Waals surface area contributed by atoms with Gasteiger partial charge in [-0.05, 0) is 54.4 Å². The number of thiazole rings is 1. The molecule has 10 heteroatoms. The van der Waals surface area contributed by atoms with E-state index in [0.29, 0.717) is 22.3 Å². The number of hydrogen-bond acceptors (Lipinski definition) is 6. The van der Waals surface area contributed by atoms with Crippen molar-refractivity contribution in [3.63, 3.8) is 0 Å².